The molecule has 2 aromatic heterocycles. The Morgan fingerprint density at radius 1 is 1.00 bits per heavy atom. The van der Waals surface area contributed by atoms with Crippen LogP contribution in [-0.4, -0.2) is 20.2 Å². The average Bonchev–Trinajstić information content (AvgIpc) is 3.31. The van der Waals surface area contributed by atoms with Crippen LogP contribution in [0.5, 0.6) is 0 Å². The molecule has 0 fully saturated rings. The average molecular weight is 368 g/mol. The number of hydrogen-bond donors (Lipinski definition) is 1. The van der Waals surface area contributed by atoms with Crippen LogP contribution >= 0.6 is 23.1 Å². The Morgan fingerprint density at radius 3 is 2.64 bits per heavy atom. The summed E-state index contributed by atoms with van der Waals surface area (Å²) in [4.78, 5) is 9.00. The largest absolute Gasteiger partial charge is 0.258 e. The molecule has 0 aliphatic rings. The van der Waals surface area contributed by atoms with Crippen LogP contribution in [0.25, 0.3) is 22.0 Å². The summed E-state index contributed by atoms with van der Waals surface area (Å²) in [5.41, 5.74) is 2.51. The molecule has 2 heterocycles. The van der Waals surface area contributed by atoms with E-state index in [1.807, 2.05) is 35.7 Å². The molecular formula is C18H13FN4S2. The molecule has 0 unspecified atom stereocenters. The Morgan fingerprint density at radius 2 is 1.80 bits per heavy atom. The normalized spacial score (nSPS) is 10.9. The Kier molecular flexibility index (Phi) is 4.58. The highest BCUT2D eigenvalue weighted by atomic mass is 32.2. The lowest BCUT2D eigenvalue weighted by molar-refractivity contribution is 0.630. The summed E-state index contributed by atoms with van der Waals surface area (Å²) in [7, 11) is 0. The minimum atomic E-state index is -0.317. The fraction of sp³-hybridized carbons (Fsp3) is 0.0556. The van der Waals surface area contributed by atoms with Gasteiger partial charge in [-0.1, -0.05) is 54.2 Å². The van der Waals surface area contributed by atoms with E-state index in [0.29, 0.717) is 22.3 Å². The maximum absolute atomic E-state index is 13.8. The fourth-order valence-electron chi connectivity index (χ4n) is 2.31. The molecule has 4 aromatic rings. The molecule has 1 N–H and O–H groups in total. The van der Waals surface area contributed by atoms with Gasteiger partial charge in [0, 0.05) is 16.7 Å². The molecule has 0 amide bonds. The molecule has 0 bridgehead atoms. The van der Waals surface area contributed by atoms with E-state index >= 15 is 0 Å². The van der Waals surface area contributed by atoms with Crippen molar-refractivity contribution in [2.45, 2.75) is 10.9 Å². The molecule has 2 aromatic carbocycles. The first-order chi connectivity index (χ1) is 12.3. The van der Waals surface area contributed by atoms with Gasteiger partial charge in [-0.25, -0.2) is 14.4 Å². The smallest absolute Gasteiger partial charge is 0.209 e. The first-order valence-electron chi connectivity index (χ1n) is 7.59. The van der Waals surface area contributed by atoms with E-state index in [-0.39, 0.29) is 5.82 Å². The van der Waals surface area contributed by atoms with E-state index in [1.165, 1.54) is 17.8 Å². The summed E-state index contributed by atoms with van der Waals surface area (Å²) >= 11 is 3.09. The minimum Gasteiger partial charge on any atom is -0.258 e. The summed E-state index contributed by atoms with van der Waals surface area (Å²) in [6.45, 7) is 0. The summed E-state index contributed by atoms with van der Waals surface area (Å²) in [6, 6.07) is 16.6. The fourth-order valence-corrected chi connectivity index (χ4v) is 3.93. The number of thioether (sulfide) groups is 1. The lowest BCUT2D eigenvalue weighted by Crippen LogP contribution is -1.85. The zero-order chi connectivity index (χ0) is 17.1. The Hall–Kier alpha value is -2.51. The van der Waals surface area contributed by atoms with Gasteiger partial charge < -0.3 is 0 Å². The molecule has 0 saturated heterocycles. The van der Waals surface area contributed by atoms with Crippen LogP contribution < -0.4 is 0 Å². The van der Waals surface area contributed by atoms with E-state index in [1.54, 1.807) is 29.5 Å². The maximum Gasteiger partial charge on any atom is 0.209 e. The van der Waals surface area contributed by atoms with Crippen LogP contribution in [0.15, 0.2) is 65.1 Å². The summed E-state index contributed by atoms with van der Waals surface area (Å²) in [6.07, 6.45) is 0. The molecule has 4 rings (SSSR count). The molecule has 4 nitrogen and oxygen atoms in total. The van der Waals surface area contributed by atoms with Gasteiger partial charge in [0.05, 0.1) is 11.3 Å². The van der Waals surface area contributed by atoms with Crippen LogP contribution in [-0.2, 0) is 5.75 Å². The van der Waals surface area contributed by atoms with Gasteiger partial charge in [-0.05, 0) is 12.1 Å². The molecule has 7 heteroatoms. The number of H-pyrrole nitrogens is 1. The zero-order valence-corrected chi connectivity index (χ0v) is 14.6. The number of aromatic nitrogens is 4. The van der Waals surface area contributed by atoms with Crippen molar-refractivity contribution in [3.63, 3.8) is 0 Å². The number of benzene rings is 2. The van der Waals surface area contributed by atoms with Crippen molar-refractivity contribution >= 4 is 23.1 Å². The van der Waals surface area contributed by atoms with E-state index in [2.05, 4.69) is 20.2 Å². The van der Waals surface area contributed by atoms with Crippen LogP contribution in [0.1, 0.15) is 5.69 Å². The Bertz CT molecular complexity index is 981. The third-order valence-corrected chi connectivity index (χ3v) is 5.34. The molecule has 0 aliphatic carbocycles. The molecule has 124 valence electrons. The lowest BCUT2D eigenvalue weighted by Gasteiger charge is -1.96. The molecule has 0 atom stereocenters. The molecule has 0 radical (unpaired) electrons. The number of halogens is 1. The van der Waals surface area contributed by atoms with Crippen molar-refractivity contribution in [2.75, 3.05) is 0 Å². The molecule has 0 saturated carbocycles. The number of aromatic amines is 1. The van der Waals surface area contributed by atoms with Crippen molar-refractivity contribution in [3.8, 4) is 22.0 Å². The Labute approximate surface area is 152 Å². The van der Waals surface area contributed by atoms with Crippen molar-refractivity contribution in [1.82, 2.24) is 20.2 Å². The number of nitrogens with one attached hydrogen (secondary N) is 1. The van der Waals surface area contributed by atoms with Gasteiger partial charge in [-0.3, -0.25) is 5.10 Å². The van der Waals surface area contributed by atoms with E-state index in [9.17, 15) is 4.39 Å². The van der Waals surface area contributed by atoms with Gasteiger partial charge in [-0.2, -0.15) is 0 Å². The predicted octanol–water partition coefficient (Wildman–Crippen LogP) is 5.03. The quantitative estimate of drug-likeness (QED) is 0.502. The van der Waals surface area contributed by atoms with Crippen LogP contribution in [0.3, 0.4) is 0 Å². The first-order valence-corrected chi connectivity index (χ1v) is 9.46. The van der Waals surface area contributed by atoms with Gasteiger partial charge in [-0.15, -0.1) is 16.4 Å². The van der Waals surface area contributed by atoms with Gasteiger partial charge in [0.1, 0.15) is 10.8 Å². The monoisotopic (exact) mass is 368 g/mol. The molecule has 0 aliphatic heterocycles. The van der Waals surface area contributed by atoms with Gasteiger partial charge in [0.15, 0.2) is 5.82 Å². The lowest BCUT2D eigenvalue weighted by atomic mass is 10.2. The topological polar surface area (TPSA) is 54.5 Å². The SMILES string of the molecule is Fc1ccccc1-c1nc(SCc2csc(-c3ccccc3)n2)n[nH]1. The van der Waals surface area contributed by atoms with E-state index in [4.69, 9.17) is 0 Å². The first kappa shape index (κ1) is 16.0. The highest BCUT2D eigenvalue weighted by molar-refractivity contribution is 7.98. The third-order valence-electron chi connectivity index (χ3n) is 3.52. The Balaban J connectivity index is 1.44. The van der Waals surface area contributed by atoms with Crippen molar-refractivity contribution in [3.05, 3.63) is 71.5 Å². The minimum absolute atomic E-state index is 0.317. The number of hydrogen-bond acceptors (Lipinski definition) is 5. The van der Waals surface area contributed by atoms with Gasteiger partial charge in [0.25, 0.3) is 0 Å². The summed E-state index contributed by atoms with van der Waals surface area (Å²) < 4.78 is 13.8. The highest BCUT2D eigenvalue weighted by Crippen LogP contribution is 2.27. The standard InChI is InChI=1S/C18H13FN4S2/c19-15-9-5-4-8-14(15)16-21-18(23-22-16)25-11-13-10-24-17(20-13)12-6-2-1-3-7-12/h1-10H,11H2,(H,21,22,23). The number of nitrogens with zero attached hydrogens (tertiary/aromatic N) is 3. The number of thiazole rings is 1. The molecule has 25 heavy (non-hydrogen) atoms. The zero-order valence-electron chi connectivity index (χ0n) is 13.0. The summed E-state index contributed by atoms with van der Waals surface area (Å²) in [5, 5.41) is 10.6. The van der Waals surface area contributed by atoms with Crippen LogP contribution in [0.2, 0.25) is 0 Å². The second kappa shape index (κ2) is 7.16. The second-order valence-corrected chi connectivity index (χ2v) is 7.05. The number of rotatable bonds is 5. The second-order valence-electron chi connectivity index (χ2n) is 5.25. The van der Waals surface area contributed by atoms with E-state index in [0.717, 1.165) is 16.3 Å². The predicted molar refractivity (Wildman–Crippen MR) is 98.9 cm³/mol. The highest BCUT2D eigenvalue weighted by Gasteiger charge is 2.11. The van der Waals surface area contributed by atoms with Gasteiger partial charge in [0.2, 0.25) is 5.16 Å². The maximum atomic E-state index is 13.8. The van der Waals surface area contributed by atoms with Crippen LogP contribution in [0, 0.1) is 5.82 Å². The third kappa shape index (κ3) is 3.62. The van der Waals surface area contributed by atoms with Crippen molar-refractivity contribution < 1.29 is 4.39 Å². The van der Waals surface area contributed by atoms with Crippen molar-refractivity contribution in [2.24, 2.45) is 0 Å². The van der Waals surface area contributed by atoms with Crippen molar-refractivity contribution in [1.29, 1.82) is 0 Å². The van der Waals surface area contributed by atoms with E-state index < -0.39 is 0 Å². The van der Waals surface area contributed by atoms with Gasteiger partial charge >= 0.3 is 0 Å². The summed E-state index contributed by atoms with van der Waals surface area (Å²) in [5.74, 6) is 0.781. The van der Waals surface area contributed by atoms with Crippen LogP contribution in [0.4, 0.5) is 4.39 Å². The molecule has 0 spiro atoms. The molecular weight excluding hydrogens is 355 g/mol.